The monoisotopic (exact) mass is 444 g/mol. The second kappa shape index (κ2) is 10.9. The third-order valence-electron chi connectivity index (χ3n) is 3.92. The Bertz CT molecular complexity index is 952. The van der Waals surface area contributed by atoms with Crippen molar-refractivity contribution < 1.29 is 36.2 Å². The molecule has 0 unspecified atom stereocenters. The molecule has 11 heteroatoms. The molecule has 1 amide bonds. The quantitative estimate of drug-likeness (QED) is 0.515. The number of sulfonamides is 1. The van der Waals surface area contributed by atoms with E-state index in [9.17, 15) is 22.0 Å². The fraction of sp³-hybridized carbons (Fsp3) is 0.316. The van der Waals surface area contributed by atoms with Crippen molar-refractivity contribution in [2.24, 2.45) is 0 Å². The zero-order chi connectivity index (χ0) is 22.1. The lowest BCUT2D eigenvalue weighted by molar-refractivity contribution is -0.0512. The lowest BCUT2D eigenvalue weighted by Crippen LogP contribution is -2.27. The number of benzene rings is 2. The molecule has 2 aromatic rings. The summed E-state index contributed by atoms with van der Waals surface area (Å²) >= 11 is 0. The predicted octanol–water partition coefficient (Wildman–Crippen LogP) is 2.15. The second-order valence-corrected chi connectivity index (χ2v) is 7.73. The Balaban J connectivity index is 2.00. The van der Waals surface area contributed by atoms with E-state index in [1.54, 1.807) is 0 Å². The van der Waals surface area contributed by atoms with Gasteiger partial charge in [0.25, 0.3) is 5.91 Å². The van der Waals surface area contributed by atoms with Gasteiger partial charge in [-0.15, -0.1) is 0 Å². The third kappa shape index (κ3) is 6.65. The summed E-state index contributed by atoms with van der Waals surface area (Å²) in [6.07, 6.45) is 0. The molecule has 0 spiro atoms. The molecule has 0 saturated carbocycles. The van der Waals surface area contributed by atoms with Crippen LogP contribution in [-0.4, -0.2) is 48.3 Å². The molecule has 0 saturated heterocycles. The van der Waals surface area contributed by atoms with Crippen molar-refractivity contribution in [2.75, 3.05) is 27.4 Å². The molecule has 0 fully saturated rings. The molecule has 0 bridgehead atoms. The van der Waals surface area contributed by atoms with Crippen molar-refractivity contribution in [3.63, 3.8) is 0 Å². The number of halogens is 2. The van der Waals surface area contributed by atoms with E-state index in [0.29, 0.717) is 5.56 Å². The molecule has 0 aliphatic rings. The van der Waals surface area contributed by atoms with Gasteiger partial charge in [-0.1, -0.05) is 6.07 Å². The van der Waals surface area contributed by atoms with Gasteiger partial charge in [-0.3, -0.25) is 4.79 Å². The summed E-state index contributed by atoms with van der Waals surface area (Å²) in [4.78, 5) is 12.3. The molecule has 164 valence electrons. The van der Waals surface area contributed by atoms with E-state index in [1.807, 2.05) is 0 Å². The molecule has 0 aliphatic carbocycles. The van der Waals surface area contributed by atoms with E-state index < -0.39 is 22.5 Å². The Labute approximate surface area is 173 Å². The Kier molecular flexibility index (Phi) is 8.51. The number of hydrogen-bond acceptors (Lipinski definition) is 6. The van der Waals surface area contributed by atoms with Crippen molar-refractivity contribution in [3.05, 3.63) is 53.6 Å². The molecule has 2 rings (SSSR count). The Hall–Kier alpha value is -2.76. The van der Waals surface area contributed by atoms with Crippen LogP contribution in [0, 0.1) is 0 Å². The molecule has 0 heterocycles. The second-order valence-electron chi connectivity index (χ2n) is 5.96. The van der Waals surface area contributed by atoms with Gasteiger partial charge in [-0.25, -0.2) is 13.1 Å². The minimum absolute atomic E-state index is 0.0227. The minimum Gasteiger partial charge on any atom is -0.493 e. The molecular formula is C19H22F2N2O6S. The largest absolute Gasteiger partial charge is 0.493 e. The lowest BCUT2D eigenvalue weighted by Gasteiger charge is -2.12. The first kappa shape index (κ1) is 23.5. The highest BCUT2D eigenvalue weighted by atomic mass is 32.2. The summed E-state index contributed by atoms with van der Waals surface area (Å²) in [6, 6.07) is 9.73. The molecule has 0 atom stereocenters. The van der Waals surface area contributed by atoms with Crippen LogP contribution in [0.5, 0.6) is 11.5 Å². The first-order chi connectivity index (χ1) is 14.3. The molecule has 0 aromatic heterocycles. The van der Waals surface area contributed by atoms with Gasteiger partial charge in [-0.05, 0) is 42.0 Å². The van der Waals surface area contributed by atoms with Crippen LogP contribution in [0.15, 0.2) is 47.4 Å². The molecule has 30 heavy (non-hydrogen) atoms. The van der Waals surface area contributed by atoms with Gasteiger partial charge in [0.05, 0.1) is 18.6 Å². The Morgan fingerprint density at radius 3 is 2.37 bits per heavy atom. The van der Waals surface area contributed by atoms with E-state index in [4.69, 9.17) is 9.47 Å². The standard InChI is InChI=1S/C19H22F2N2O6S/c1-27-10-9-23-30(25,26)15-6-4-14(5-7-15)18(24)22-12-13-3-8-16(29-19(20)21)17(11-13)28-2/h3-8,11,19,23H,9-10,12H2,1-2H3,(H,22,24). The Morgan fingerprint density at radius 1 is 1.07 bits per heavy atom. The first-order valence-electron chi connectivity index (χ1n) is 8.75. The summed E-state index contributed by atoms with van der Waals surface area (Å²) in [5.74, 6) is -0.436. The highest BCUT2D eigenvalue weighted by Gasteiger charge is 2.15. The van der Waals surface area contributed by atoms with Crippen molar-refractivity contribution in [2.45, 2.75) is 18.1 Å². The summed E-state index contributed by atoms with van der Waals surface area (Å²) in [5.41, 5.74) is 0.860. The number of ether oxygens (including phenoxy) is 3. The fourth-order valence-electron chi connectivity index (χ4n) is 2.45. The van der Waals surface area contributed by atoms with Gasteiger partial charge < -0.3 is 19.5 Å². The van der Waals surface area contributed by atoms with E-state index in [1.165, 1.54) is 56.7 Å². The fourth-order valence-corrected chi connectivity index (χ4v) is 3.46. The van der Waals surface area contributed by atoms with Gasteiger partial charge in [0.1, 0.15) is 0 Å². The van der Waals surface area contributed by atoms with Gasteiger partial charge in [0.15, 0.2) is 11.5 Å². The zero-order valence-electron chi connectivity index (χ0n) is 16.4. The summed E-state index contributed by atoms with van der Waals surface area (Å²) in [5, 5.41) is 2.66. The maximum atomic E-state index is 12.4. The van der Waals surface area contributed by atoms with Crippen molar-refractivity contribution in [1.82, 2.24) is 10.0 Å². The van der Waals surface area contributed by atoms with Crippen LogP contribution in [0.1, 0.15) is 15.9 Å². The maximum Gasteiger partial charge on any atom is 0.387 e. The lowest BCUT2D eigenvalue weighted by atomic mass is 10.1. The van der Waals surface area contributed by atoms with Crippen LogP contribution >= 0.6 is 0 Å². The molecule has 2 aromatic carbocycles. The van der Waals surface area contributed by atoms with Gasteiger partial charge in [-0.2, -0.15) is 8.78 Å². The van der Waals surface area contributed by atoms with Crippen LogP contribution in [0.25, 0.3) is 0 Å². The number of hydrogen-bond donors (Lipinski definition) is 2. The summed E-state index contributed by atoms with van der Waals surface area (Å²) in [7, 11) is -0.915. The molecule has 0 aliphatic heterocycles. The SMILES string of the molecule is COCCNS(=O)(=O)c1ccc(C(=O)NCc2ccc(OC(F)F)c(OC)c2)cc1. The van der Waals surface area contributed by atoms with Crippen LogP contribution in [-0.2, 0) is 21.3 Å². The molecule has 8 nitrogen and oxygen atoms in total. The highest BCUT2D eigenvalue weighted by molar-refractivity contribution is 7.89. The number of carbonyl (C=O) groups excluding carboxylic acids is 1. The number of carbonyl (C=O) groups is 1. The van der Waals surface area contributed by atoms with Gasteiger partial charge >= 0.3 is 6.61 Å². The van der Waals surface area contributed by atoms with E-state index in [-0.39, 0.29) is 41.7 Å². The van der Waals surface area contributed by atoms with Crippen molar-refractivity contribution in [3.8, 4) is 11.5 Å². The molecule has 0 radical (unpaired) electrons. The molecule has 2 N–H and O–H groups in total. The maximum absolute atomic E-state index is 12.4. The van der Waals surface area contributed by atoms with Crippen LogP contribution in [0.4, 0.5) is 8.78 Å². The Morgan fingerprint density at radius 2 is 1.77 bits per heavy atom. The summed E-state index contributed by atoms with van der Waals surface area (Å²) < 4.78 is 65.5. The normalized spacial score (nSPS) is 11.4. The smallest absolute Gasteiger partial charge is 0.387 e. The van der Waals surface area contributed by atoms with Gasteiger partial charge in [0.2, 0.25) is 10.0 Å². The topological polar surface area (TPSA) is 103 Å². The van der Waals surface area contributed by atoms with Crippen LogP contribution < -0.4 is 19.5 Å². The number of methoxy groups -OCH3 is 2. The van der Waals surface area contributed by atoms with Crippen LogP contribution in [0.2, 0.25) is 0 Å². The first-order valence-corrected chi connectivity index (χ1v) is 10.2. The third-order valence-corrected chi connectivity index (χ3v) is 5.40. The number of amides is 1. The van der Waals surface area contributed by atoms with E-state index >= 15 is 0 Å². The van der Waals surface area contributed by atoms with Crippen LogP contribution in [0.3, 0.4) is 0 Å². The van der Waals surface area contributed by atoms with Gasteiger partial charge in [0, 0.05) is 25.8 Å². The highest BCUT2D eigenvalue weighted by Crippen LogP contribution is 2.29. The minimum atomic E-state index is -3.69. The number of rotatable bonds is 11. The van der Waals surface area contributed by atoms with Crippen molar-refractivity contribution >= 4 is 15.9 Å². The average Bonchev–Trinajstić information content (AvgIpc) is 2.72. The number of alkyl halides is 2. The molecular weight excluding hydrogens is 422 g/mol. The summed E-state index contributed by atoms with van der Waals surface area (Å²) in [6.45, 7) is -2.51. The number of nitrogens with one attached hydrogen (secondary N) is 2. The van der Waals surface area contributed by atoms with E-state index in [0.717, 1.165) is 0 Å². The van der Waals surface area contributed by atoms with E-state index in [2.05, 4.69) is 14.8 Å². The average molecular weight is 444 g/mol. The van der Waals surface area contributed by atoms with Crippen molar-refractivity contribution in [1.29, 1.82) is 0 Å². The predicted molar refractivity (Wildman–Crippen MR) is 104 cm³/mol. The zero-order valence-corrected chi connectivity index (χ0v) is 17.2.